The zero-order chi connectivity index (χ0) is 11.6. The number of halogens is 1. The van der Waals surface area contributed by atoms with E-state index in [0.29, 0.717) is 0 Å². The van der Waals surface area contributed by atoms with Crippen molar-refractivity contribution < 1.29 is 13.5 Å². The molecule has 0 heterocycles. The molecule has 7 heteroatoms. The van der Waals surface area contributed by atoms with Crippen LogP contribution in [0.25, 0.3) is 0 Å². The monoisotopic (exact) mass is 339 g/mol. The molecule has 0 saturated heterocycles. The second-order valence-electron chi connectivity index (χ2n) is 2.86. The van der Waals surface area contributed by atoms with E-state index in [1.54, 1.807) is 6.07 Å². The fourth-order valence-electron chi connectivity index (χ4n) is 0.913. The number of sulfonamides is 1. The Labute approximate surface area is 101 Å². The van der Waals surface area contributed by atoms with E-state index in [2.05, 4.69) is 4.40 Å². The van der Waals surface area contributed by atoms with Gasteiger partial charge in [0, 0.05) is 20.7 Å². The highest BCUT2D eigenvalue weighted by atomic mass is 127. The van der Waals surface area contributed by atoms with Crippen LogP contribution in [0, 0.1) is 3.57 Å². The molecule has 15 heavy (non-hydrogen) atoms. The molecule has 1 rings (SSSR count). The van der Waals surface area contributed by atoms with Crippen LogP contribution in [0.15, 0.2) is 22.6 Å². The molecule has 0 spiro atoms. The number of nitrogens with zero attached hydrogens (tertiary/aromatic N) is 1. The molecule has 0 amide bonds. The van der Waals surface area contributed by atoms with Gasteiger partial charge in [0.1, 0.15) is 0 Å². The second-order valence-corrected chi connectivity index (χ2v) is 5.76. The molecule has 1 aromatic carbocycles. The van der Waals surface area contributed by atoms with Crippen molar-refractivity contribution in [1.82, 2.24) is 0 Å². The van der Waals surface area contributed by atoms with Crippen LogP contribution >= 0.6 is 22.6 Å². The first-order valence-corrected chi connectivity index (χ1v) is 6.74. The van der Waals surface area contributed by atoms with Crippen LogP contribution in [0.4, 0.5) is 5.69 Å². The van der Waals surface area contributed by atoms with Crippen LogP contribution in [0.5, 0.6) is 0 Å². The van der Waals surface area contributed by atoms with Gasteiger partial charge < -0.3 is 10.8 Å². The van der Waals surface area contributed by atoms with E-state index in [1.165, 1.54) is 12.1 Å². The Hall–Kier alpha value is -0.830. The third-order valence-electron chi connectivity index (χ3n) is 1.49. The minimum absolute atomic E-state index is 0.104. The number of nitrogen functional groups attached to an aromatic ring is 1. The number of hydrogen-bond acceptors (Lipinski definition) is 4. The highest BCUT2D eigenvalue weighted by Gasteiger charge is 2.03. The average Bonchev–Trinajstić information content (AvgIpc) is 2.06. The number of hydrogen-bond donors (Lipinski definition) is 1. The van der Waals surface area contributed by atoms with Crippen molar-refractivity contribution in [1.29, 1.82) is 0 Å². The van der Waals surface area contributed by atoms with Gasteiger partial charge in [0.15, 0.2) is 0 Å². The summed E-state index contributed by atoms with van der Waals surface area (Å²) in [5, 5.41) is 11.4. The summed E-state index contributed by atoms with van der Waals surface area (Å²) in [6.45, 7) is 0. The summed E-state index contributed by atoms with van der Waals surface area (Å²) < 4.78 is 25.4. The number of nitrogens with two attached hydrogens (primary N) is 1. The molecule has 0 bridgehead atoms. The maximum Gasteiger partial charge on any atom is 0.249 e. The highest BCUT2D eigenvalue weighted by Crippen LogP contribution is 2.15. The molecular weight excluding hydrogens is 331 g/mol. The Morgan fingerprint density at radius 2 is 2.13 bits per heavy atom. The summed E-state index contributed by atoms with van der Waals surface area (Å²) in [6.07, 6.45) is 0.856. The van der Waals surface area contributed by atoms with Crippen LogP contribution in [0.3, 0.4) is 0 Å². The molecule has 82 valence electrons. The Balaban J connectivity index is 3.28. The van der Waals surface area contributed by atoms with Gasteiger partial charge in [0.2, 0.25) is 10.0 Å². The van der Waals surface area contributed by atoms with E-state index < -0.39 is 15.9 Å². The van der Waals surface area contributed by atoms with Gasteiger partial charge in [-0.15, -0.1) is 0 Å². The average molecular weight is 339 g/mol. The van der Waals surface area contributed by atoms with Crippen LogP contribution in [0.2, 0.25) is 0 Å². The van der Waals surface area contributed by atoms with Crippen molar-refractivity contribution in [3.05, 3.63) is 27.3 Å². The summed E-state index contributed by atoms with van der Waals surface area (Å²) >= 11 is 1.99. The van der Waals surface area contributed by atoms with Gasteiger partial charge >= 0.3 is 0 Å². The Kier molecular flexibility index (Phi) is 3.55. The molecule has 0 aliphatic heterocycles. The van der Waals surface area contributed by atoms with Gasteiger partial charge in [-0.2, -0.15) is 4.40 Å². The lowest BCUT2D eigenvalue weighted by atomic mass is 10.2. The van der Waals surface area contributed by atoms with Gasteiger partial charge in [0.05, 0.1) is 6.26 Å². The van der Waals surface area contributed by atoms with Crippen molar-refractivity contribution in [2.75, 3.05) is 12.0 Å². The molecule has 0 aromatic heterocycles. The lowest BCUT2D eigenvalue weighted by molar-refractivity contribution is -0.212. The second kappa shape index (κ2) is 4.35. The zero-order valence-electron chi connectivity index (χ0n) is 7.77. The van der Waals surface area contributed by atoms with Gasteiger partial charge in [-0.25, -0.2) is 8.42 Å². The maximum absolute atomic E-state index is 11.4. The van der Waals surface area contributed by atoms with E-state index in [9.17, 15) is 13.5 Å². The van der Waals surface area contributed by atoms with Crippen molar-refractivity contribution in [2.45, 2.75) is 0 Å². The lowest BCUT2D eigenvalue weighted by Crippen LogP contribution is -2.22. The van der Waals surface area contributed by atoms with Crippen LogP contribution in [-0.4, -0.2) is 20.6 Å². The molecule has 0 aliphatic rings. The van der Waals surface area contributed by atoms with E-state index >= 15 is 0 Å². The summed E-state index contributed by atoms with van der Waals surface area (Å²) in [4.78, 5) is 0. The smallest absolute Gasteiger partial charge is 0.249 e. The van der Waals surface area contributed by atoms with Gasteiger partial charge in [-0.1, -0.05) is 0 Å². The fraction of sp³-hybridized carbons (Fsp3) is 0.125. The van der Waals surface area contributed by atoms with E-state index in [-0.39, 0.29) is 11.3 Å². The van der Waals surface area contributed by atoms with Crippen LogP contribution in [-0.2, 0) is 10.0 Å². The Bertz CT molecular complexity index is 511. The summed E-state index contributed by atoms with van der Waals surface area (Å²) in [6, 6.07) is 4.74. The quantitative estimate of drug-likeness (QED) is 0.353. The number of rotatable bonds is 2. The minimum Gasteiger partial charge on any atom is -0.858 e. The fourth-order valence-corrected chi connectivity index (χ4v) is 1.80. The first kappa shape index (κ1) is 12.2. The van der Waals surface area contributed by atoms with E-state index in [1.807, 2.05) is 22.6 Å². The molecule has 0 fully saturated rings. The molecule has 0 unspecified atom stereocenters. The van der Waals surface area contributed by atoms with Gasteiger partial charge in [-0.3, -0.25) is 0 Å². The topological polar surface area (TPSA) is 95.6 Å². The molecule has 0 aliphatic carbocycles. The normalized spacial score (nSPS) is 12.8. The van der Waals surface area contributed by atoms with Gasteiger partial charge in [-0.05, 0) is 40.8 Å². The van der Waals surface area contributed by atoms with Crippen molar-refractivity contribution >= 4 is 44.2 Å². The lowest BCUT2D eigenvalue weighted by Gasteiger charge is -2.12. The Morgan fingerprint density at radius 3 is 2.67 bits per heavy atom. The third-order valence-corrected chi connectivity index (χ3v) is 2.66. The summed E-state index contributed by atoms with van der Waals surface area (Å²) in [5.74, 6) is -0.839. The van der Waals surface area contributed by atoms with E-state index in [0.717, 1.165) is 9.83 Å². The number of benzene rings is 1. The predicted octanol–water partition coefficient (Wildman–Crippen LogP) is -0.0601. The molecule has 2 N–H and O–H groups in total. The van der Waals surface area contributed by atoms with E-state index in [4.69, 9.17) is 5.73 Å². The number of anilines is 1. The SMILES string of the molecule is CS(=O)(=O)/N=C(\[O-])c1cc(I)ccc1N. The first-order chi connectivity index (χ1) is 6.79. The maximum atomic E-state index is 11.4. The highest BCUT2D eigenvalue weighted by molar-refractivity contribution is 14.1. The predicted molar refractivity (Wildman–Crippen MR) is 65.0 cm³/mol. The van der Waals surface area contributed by atoms with Crippen LogP contribution < -0.4 is 10.8 Å². The molecular formula is C8H8IN2O3S-. The molecule has 0 saturated carbocycles. The van der Waals surface area contributed by atoms with Crippen molar-refractivity contribution in [3.8, 4) is 0 Å². The van der Waals surface area contributed by atoms with Crippen LogP contribution in [0.1, 0.15) is 5.56 Å². The largest absolute Gasteiger partial charge is 0.858 e. The summed E-state index contributed by atoms with van der Waals surface area (Å²) in [7, 11) is -3.68. The minimum atomic E-state index is -3.68. The summed E-state index contributed by atoms with van der Waals surface area (Å²) in [5.41, 5.74) is 5.85. The molecule has 0 radical (unpaired) electrons. The van der Waals surface area contributed by atoms with Crippen molar-refractivity contribution in [3.63, 3.8) is 0 Å². The van der Waals surface area contributed by atoms with Crippen molar-refractivity contribution in [2.24, 2.45) is 4.40 Å². The Morgan fingerprint density at radius 1 is 1.53 bits per heavy atom. The standard InChI is InChI=1S/C8H9IN2O3S/c1-15(13,14)11-8(12)6-4-5(9)2-3-7(6)10/h2-4H,10H2,1H3,(H,11,12)/p-1. The molecule has 1 aromatic rings. The third kappa shape index (κ3) is 3.67. The first-order valence-electron chi connectivity index (χ1n) is 3.82. The zero-order valence-corrected chi connectivity index (χ0v) is 10.7. The molecule has 5 nitrogen and oxygen atoms in total. The van der Waals surface area contributed by atoms with Gasteiger partial charge in [0.25, 0.3) is 0 Å². The molecule has 0 atom stereocenters.